The number of nitrogens with zero attached hydrogens (tertiary/aromatic N) is 2. The monoisotopic (exact) mass is 489 g/mol. The van der Waals surface area contributed by atoms with Gasteiger partial charge < -0.3 is 5.32 Å². The van der Waals surface area contributed by atoms with E-state index in [1.54, 1.807) is 11.0 Å². The number of anilines is 3. The zero-order valence-corrected chi connectivity index (χ0v) is 20.4. The fourth-order valence-corrected chi connectivity index (χ4v) is 6.32. The van der Waals surface area contributed by atoms with Crippen molar-refractivity contribution >= 4 is 46.5 Å². The molecule has 178 valence electrons. The Morgan fingerprint density at radius 2 is 1.74 bits per heavy atom. The number of thioether (sulfide) groups is 1. The molecular weight excluding hydrogens is 465 g/mol. The van der Waals surface area contributed by atoms with Crippen LogP contribution in [0.2, 0.25) is 0 Å². The summed E-state index contributed by atoms with van der Waals surface area (Å²) in [6.45, 7) is 5.47. The van der Waals surface area contributed by atoms with Gasteiger partial charge in [0.15, 0.2) is 0 Å². The molecule has 5 rings (SSSR count). The first-order valence-corrected chi connectivity index (χ1v) is 12.2. The number of hydrogen-bond donors (Lipinski definition) is 1. The van der Waals surface area contributed by atoms with E-state index in [4.69, 9.17) is 0 Å². The first-order chi connectivity index (χ1) is 16.7. The number of nitrogens with one attached hydrogen (secondary N) is 1. The highest BCUT2D eigenvalue weighted by atomic mass is 32.2. The molecule has 1 saturated heterocycles. The second-order valence-corrected chi connectivity index (χ2v) is 10.1. The Bertz CT molecular complexity index is 1370. The minimum atomic E-state index is -1.31. The molecule has 3 aromatic carbocycles. The van der Waals surface area contributed by atoms with Crippen molar-refractivity contribution in [1.29, 1.82) is 0 Å². The maximum Gasteiger partial charge on any atom is 0.269 e. The van der Waals surface area contributed by atoms with Gasteiger partial charge in [-0.05, 0) is 61.7 Å². The molecule has 3 amide bonds. The molecule has 1 atom stereocenters. The summed E-state index contributed by atoms with van der Waals surface area (Å²) in [5, 5.41) is 2.56. The topological polar surface area (TPSA) is 69.7 Å². The van der Waals surface area contributed by atoms with Gasteiger partial charge in [-0.2, -0.15) is 0 Å². The first kappa shape index (κ1) is 23.1. The highest BCUT2D eigenvalue weighted by Crippen LogP contribution is 2.56. The molecule has 1 N–H and O–H groups in total. The summed E-state index contributed by atoms with van der Waals surface area (Å²) in [6, 6.07) is 17.3. The molecule has 0 radical (unpaired) electrons. The smallest absolute Gasteiger partial charge is 0.269 e. The highest BCUT2D eigenvalue weighted by molar-refractivity contribution is 8.02. The van der Waals surface area contributed by atoms with Crippen LogP contribution in [-0.4, -0.2) is 30.0 Å². The Morgan fingerprint density at radius 3 is 2.46 bits per heavy atom. The zero-order valence-electron chi connectivity index (χ0n) is 19.6. The summed E-state index contributed by atoms with van der Waals surface area (Å²) >= 11 is 1.27. The summed E-state index contributed by atoms with van der Waals surface area (Å²) in [7, 11) is 0. The van der Waals surface area contributed by atoms with Gasteiger partial charge in [0, 0.05) is 11.3 Å². The lowest BCUT2D eigenvalue weighted by Gasteiger charge is -2.33. The quantitative estimate of drug-likeness (QED) is 0.578. The maximum absolute atomic E-state index is 14.1. The van der Waals surface area contributed by atoms with E-state index >= 15 is 0 Å². The van der Waals surface area contributed by atoms with Crippen LogP contribution in [0.3, 0.4) is 0 Å². The number of amides is 3. The molecule has 8 heteroatoms. The van der Waals surface area contributed by atoms with Crippen LogP contribution in [0.15, 0.2) is 60.7 Å². The van der Waals surface area contributed by atoms with Crippen LogP contribution in [0, 0.1) is 26.6 Å². The number of rotatable bonds is 4. The third kappa shape index (κ3) is 3.69. The minimum absolute atomic E-state index is 0.0474. The van der Waals surface area contributed by atoms with Crippen molar-refractivity contribution in [3.8, 4) is 0 Å². The molecule has 0 saturated carbocycles. The van der Waals surface area contributed by atoms with Gasteiger partial charge >= 0.3 is 0 Å². The van der Waals surface area contributed by atoms with E-state index in [0.29, 0.717) is 16.9 Å². The average molecular weight is 490 g/mol. The van der Waals surface area contributed by atoms with Crippen molar-refractivity contribution in [1.82, 2.24) is 0 Å². The van der Waals surface area contributed by atoms with Crippen molar-refractivity contribution in [3.05, 3.63) is 88.7 Å². The second kappa shape index (κ2) is 8.53. The van der Waals surface area contributed by atoms with Gasteiger partial charge in [0.05, 0.1) is 17.1 Å². The summed E-state index contributed by atoms with van der Waals surface area (Å²) in [5.74, 6) is -1.47. The van der Waals surface area contributed by atoms with Gasteiger partial charge in [-0.15, -0.1) is 11.8 Å². The molecule has 6 nitrogen and oxygen atoms in total. The lowest BCUT2D eigenvalue weighted by Crippen LogP contribution is -2.51. The molecule has 0 aromatic heterocycles. The third-order valence-corrected chi connectivity index (χ3v) is 7.68. The van der Waals surface area contributed by atoms with Crippen LogP contribution in [0.4, 0.5) is 21.5 Å². The molecule has 35 heavy (non-hydrogen) atoms. The Labute approximate surface area is 207 Å². The molecule has 0 aliphatic carbocycles. The molecule has 1 spiro atoms. The van der Waals surface area contributed by atoms with Crippen molar-refractivity contribution in [2.75, 3.05) is 27.4 Å². The third-order valence-electron chi connectivity index (χ3n) is 6.29. The Kier molecular flexibility index (Phi) is 5.63. The molecule has 2 aliphatic heterocycles. The van der Waals surface area contributed by atoms with Crippen molar-refractivity contribution < 1.29 is 18.8 Å². The molecule has 2 heterocycles. The average Bonchev–Trinajstić information content (AvgIpc) is 3.26. The van der Waals surface area contributed by atoms with E-state index in [2.05, 4.69) is 5.32 Å². The highest BCUT2D eigenvalue weighted by Gasteiger charge is 2.61. The Balaban J connectivity index is 1.58. The number of benzene rings is 3. The molecule has 2 aliphatic rings. The fourth-order valence-electron chi connectivity index (χ4n) is 4.97. The minimum Gasteiger partial charge on any atom is -0.322 e. The van der Waals surface area contributed by atoms with E-state index < -0.39 is 16.6 Å². The van der Waals surface area contributed by atoms with Gasteiger partial charge in [-0.3, -0.25) is 24.2 Å². The summed E-state index contributed by atoms with van der Waals surface area (Å²) in [6.07, 6.45) is 0. The maximum atomic E-state index is 14.1. The van der Waals surface area contributed by atoms with Gasteiger partial charge in [0.1, 0.15) is 12.4 Å². The standard InChI is InChI=1S/C27H24FN3O3S/c1-16-11-17(2)13-19(12-16)31-24(33)15-35-27(31)20-8-6-7-18(3)25(20)30(26(27)34)14-23(32)29-22-10-5-4-9-21(22)28/h4-13H,14-15H2,1-3H3,(H,29,32)/t27-/m1/s1. The number of halogens is 1. The van der Waals surface area contributed by atoms with Gasteiger partial charge in [0.2, 0.25) is 16.7 Å². The van der Waals surface area contributed by atoms with Crippen molar-refractivity contribution in [2.24, 2.45) is 0 Å². The van der Waals surface area contributed by atoms with E-state index in [9.17, 15) is 18.8 Å². The SMILES string of the molecule is Cc1cc(C)cc(N2C(=O)CS[C@]23C(=O)N(CC(=O)Nc2ccccc2F)c2c(C)cccc23)c1. The fraction of sp³-hybridized carbons (Fsp3) is 0.222. The second-order valence-electron chi connectivity index (χ2n) is 8.90. The van der Waals surface area contributed by atoms with Crippen LogP contribution in [-0.2, 0) is 19.3 Å². The van der Waals surface area contributed by atoms with Crippen molar-refractivity contribution in [2.45, 2.75) is 25.6 Å². The van der Waals surface area contributed by atoms with E-state index in [1.807, 2.05) is 57.2 Å². The molecule has 3 aromatic rings. The molecule has 0 unspecified atom stereocenters. The van der Waals surface area contributed by atoms with Gasteiger partial charge in [-0.25, -0.2) is 4.39 Å². The number of carbonyl (C=O) groups is 3. The molecule has 1 fully saturated rings. The van der Waals surface area contributed by atoms with Crippen LogP contribution < -0.4 is 15.1 Å². The molecular formula is C27H24FN3O3S. The number of carbonyl (C=O) groups excluding carboxylic acids is 3. The normalized spacial score (nSPS) is 19.0. The predicted molar refractivity (Wildman–Crippen MR) is 136 cm³/mol. The summed E-state index contributed by atoms with van der Waals surface area (Å²) in [4.78, 5) is 42.0. The number of hydrogen-bond acceptors (Lipinski definition) is 4. The predicted octanol–water partition coefficient (Wildman–Crippen LogP) is 4.67. The number of para-hydroxylation sites is 2. The van der Waals surface area contributed by atoms with E-state index in [1.165, 1.54) is 34.9 Å². The summed E-state index contributed by atoms with van der Waals surface area (Å²) in [5.41, 5.74) is 4.76. The van der Waals surface area contributed by atoms with Crippen LogP contribution >= 0.6 is 11.8 Å². The lowest BCUT2D eigenvalue weighted by atomic mass is 10.0. The summed E-state index contributed by atoms with van der Waals surface area (Å²) < 4.78 is 14.1. The van der Waals surface area contributed by atoms with E-state index in [-0.39, 0.29) is 29.8 Å². The number of aryl methyl sites for hydroxylation is 3. The molecule has 0 bridgehead atoms. The van der Waals surface area contributed by atoms with Gasteiger partial charge in [0.25, 0.3) is 5.91 Å². The van der Waals surface area contributed by atoms with Crippen LogP contribution in [0.5, 0.6) is 0 Å². The zero-order chi connectivity index (χ0) is 24.9. The van der Waals surface area contributed by atoms with Crippen LogP contribution in [0.1, 0.15) is 22.3 Å². The number of fused-ring (bicyclic) bond motifs is 2. The Hall–Kier alpha value is -3.65. The van der Waals surface area contributed by atoms with Crippen molar-refractivity contribution in [3.63, 3.8) is 0 Å². The largest absolute Gasteiger partial charge is 0.322 e. The van der Waals surface area contributed by atoms with Gasteiger partial charge in [-0.1, -0.05) is 36.4 Å². The van der Waals surface area contributed by atoms with E-state index in [0.717, 1.165) is 16.7 Å². The Morgan fingerprint density at radius 1 is 1.03 bits per heavy atom. The lowest BCUT2D eigenvalue weighted by molar-refractivity contribution is -0.124. The van der Waals surface area contributed by atoms with Crippen LogP contribution in [0.25, 0.3) is 0 Å². The first-order valence-electron chi connectivity index (χ1n) is 11.2.